The van der Waals surface area contributed by atoms with Crippen molar-refractivity contribution in [1.29, 1.82) is 0 Å². The van der Waals surface area contributed by atoms with Gasteiger partial charge in [0.2, 0.25) is 0 Å². The van der Waals surface area contributed by atoms with E-state index in [1.54, 1.807) is 0 Å². The molecule has 2 heteroatoms. The quantitative estimate of drug-likeness (QED) is 0.606. The van der Waals surface area contributed by atoms with E-state index >= 15 is 0 Å². The van der Waals surface area contributed by atoms with Crippen LogP contribution in [0.25, 0.3) is 0 Å². The molecule has 0 heterocycles. The molecule has 0 spiro atoms. The van der Waals surface area contributed by atoms with Crippen molar-refractivity contribution in [3.05, 3.63) is 29.3 Å². The summed E-state index contributed by atoms with van der Waals surface area (Å²) in [7, 11) is 0. The van der Waals surface area contributed by atoms with Gasteiger partial charge in [0.15, 0.2) is 0 Å². The number of hydrogen-bond donors (Lipinski definition) is 1. The number of thiol groups is 1. The fourth-order valence-corrected chi connectivity index (χ4v) is 2.50. The number of aryl methyl sites for hydroxylation is 1. The molecule has 0 radical (unpaired) electrons. The average Bonchev–Trinajstić information content (AvgIpc) is 2.35. The summed E-state index contributed by atoms with van der Waals surface area (Å²) in [5, 5.41) is 0. The number of hydrogen-bond acceptors (Lipinski definition) is 2. The van der Waals surface area contributed by atoms with E-state index in [0.717, 1.165) is 31.0 Å². The topological polar surface area (TPSA) is 9.23 Å². The van der Waals surface area contributed by atoms with E-state index < -0.39 is 0 Å². The zero-order chi connectivity index (χ0) is 11.2. The number of fused-ring (bicyclic) bond motifs is 1. The van der Waals surface area contributed by atoms with Crippen LogP contribution in [0.5, 0.6) is 5.75 Å². The highest BCUT2D eigenvalue weighted by molar-refractivity contribution is 7.80. The molecule has 0 atom stereocenters. The molecule has 0 bridgehead atoms. The third-order valence-corrected chi connectivity index (χ3v) is 3.48. The molecule has 88 valence electrons. The Labute approximate surface area is 104 Å². The molecule has 2 rings (SSSR count). The minimum atomic E-state index is 0.830. The van der Waals surface area contributed by atoms with Crippen molar-refractivity contribution >= 4 is 12.6 Å². The summed E-state index contributed by atoms with van der Waals surface area (Å²) >= 11 is 4.20. The molecule has 0 unspecified atom stereocenters. The Hall–Kier alpha value is -0.630. The first-order chi connectivity index (χ1) is 7.92. The molecule has 16 heavy (non-hydrogen) atoms. The fraction of sp³-hybridized carbons (Fsp3) is 0.571. The molecule has 1 aromatic carbocycles. The van der Waals surface area contributed by atoms with Gasteiger partial charge in [0, 0.05) is 0 Å². The molecular formula is C14H20OS. The Morgan fingerprint density at radius 3 is 2.88 bits per heavy atom. The minimum absolute atomic E-state index is 0.830. The predicted molar refractivity (Wildman–Crippen MR) is 71.7 cm³/mol. The average molecular weight is 236 g/mol. The van der Waals surface area contributed by atoms with Crippen molar-refractivity contribution in [3.8, 4) is 5.75 Å². The van der Waals surface area contributed by atoms with Gasteiger partial charge in [-0.3, -0.25) is 0 Å². The summed E-state index contributed by atoms with van der Waals surface area (Å²) in [6.07, 6.45) is 7.30. The lowest BCUT2D eigenvalue weighted by Gasteiger charge is -2.19. The fourth-order valence-electron chi connectivity index (χ4n) is 2.28. The van der Waals surface area contributed by atoms with Crippen LogP contribution >= 0.6 is 12.6 Å². The summed E-state index contributed by atoms with van der Waals surface area (Å²) in [6.45, 7) is 0.830. The van der Waals surface area contributed by atoms with E-state index in [1.165, 1.54) is 36.8 Å². The van der Waals surface area contributed by atoms with Crippen LogP contribution in [0.4, 0.5) is 0 Å². The van der Waals surface area contributed by atoms with Crippen molar-refractivity contribution in [2.45, 2.75) is 38.5 Å². The van der Waals surface area contributed by atoms with Gasteiger partial charge >= 0.3 is 0 Å². The molecule has 0 aromatic heterocycles. The van der Waals surface area contributed by atoms with Crippen molar-refractivity contribution in [2.24, 2.45) is 0 Å². The Kier molecular flexibility index (Phi) is 4.58. The molecule has 0 saturated carbocycles. The maximum Gasteiger partial charge on any atom is 0.122 e. The summed E-state index contributed by atoms with van der Waals surface area (Å²) in [5.74, 6) is 2.08. The second-order valence-corrected chi connectivity index (χ2v) is 4.83. The van der Waals surface area contributed by atoms with Crippen LogP contribution in [0, 0.1) is 0 Å². The van der Waals surface area contributed by atoms with Gasteiger partial charge in [0.25, 0.3) is 0 Å². The standard InChI is InChI=1S/C14H20OS/c16-11-4-3-10-15-14-9-5-7-12-6-1-2-8-13(12)14/h5,7,9,16H,1-4,6,8,10-11H2. The molecule has 0 aliphatic heterocycles. The largest absolute Gasteiger partial charge is 0.493 e. The van der Waals surface area contributed by atoms with Crippen LogP contribution in [0.15, 0.2) is 18.2 Å². The first-order valence-corrected chi connectivity index (χ1v) is 6.89. The summed E-state index contributed by atoms with van der Waals surface area (Å²) < 4.78 is 5.87. The third-order valence-electron chi connectivity index (χ3n) is 3.16. The second kappa shape index (κ2) is 6.19. The molecule has 0 saturated heterocycles. The second-order valence-electron chi connectivity index (χ2n) is 4.38. The lowest BCUT2D eigenvalue weighted by atomic mass is 9.91. The van der Waals surface area contributed by atoms with Crippen LogP contribution in [-0.4, -0.2) is 12.4 Å². The van der Waals surface area contributed by atoms with E-state index in [2.05, 4.69) is 30.8 Å². The van der Waals surface area contributed by atoms with Crippen molar-refractivity contribution < 1.29 is 4.74 Å². The maximum atomic E-state index is 5.87. The Bertz CT molecular complexity index is 336. The van der Waals surface area contributed by atoms with Gasteiger partial charge < -0.3 is 4.74 Å². The van der Waals surface area contributed by atoms with Gasteiger partial charge in [-0.25, -0.2) is 0 Å². The lowest BCUT2D eigenvalue weighted by molar-refractivity contribution is 0.305. The van der Waals surface area contributed by atoms with E-state index in [0.29, 0.717) is 0 Å². The van der Waals surface area contributed by atoms with Crippen molar-refractivity contribution in [2.75, 3.05) is 12.4 Å². The SMILES string of the molecule is SCCCCOc1cccc2c1CCCC2. The molecule has 1 aliphatic rings. The highest BCUT2D eigenvalue weighted by Gasteiger charge is 2.13. The van der Waals surface area contributed by atoms with E-state index in [1.807, 2.05) is 0 Å². The van der Waals surface area contributed by atoms with Crippen LogP contribution in [0.3, 0.4) is 0 Å². The smallest absolute Gasteiger partial charge is 0.122 e. The van der Waals surface area contributed by atoms with Gasteiger partial charge in [-0.2, -0.15) is 12.6 Å². The van der Waals surface area contributed by atoms with Crippen LogP contribution in [0.1, 0.15) is 36.8 Å². The first-order valence-electron chi connectivity index (χ1n) is 6.26. The first kappa shape index (κ1) is 11.8. The number of benzene rings is 1. The third kappa shape index (κ3) is 2.94. The van der Waals surface area contributed by atoms with Crippen LogP contribution in [-0.2, 0) is 12.8 Å². The lowest BCUT2D eigenvalue weighted by Crippen LogP contribution is -2.07. The highest BCUT2D eigenvalue weighted by Crippen LogP contribution is 2.29. The summed E-state index contributed by atoms with van der Waals surface area (Å²) in [6, 6.07) is 6.48. The predicted octanol–water partition coefficient (Wildman–Crippen LogP) is 3.65. The van der Waals surface area contributed by atoms with Gasteiger partial charge in [0.1, 0.15) is 5.75 Å². The number of ether oxygens (including phenoxy) is 1. The molecule has 1 aromatic rings. The Balaban J connectivity index is 1.97. The zero-order valence-electron chi connectivity index (χ0n) is 9.74. The number of unbranched alkanes of at least 4 members (excludes halogenated alkanes) is 1. The van der Waals surface area contributed by atoms with Crippen LogP contribution in [0.2, 0.25) is 0 Å². The zero-order valence-corrected chi connectivity index (χ0v) is 10.6. The van der Waals surface area contributed by atoms with Gasteiger partial charge in [-0.15, -0.1) is 0 Å². The molecule has 0 amide bonds. The van der Waals surface area contributed by atoms with Gasteiger partial charge in [0.05, 0.1) is 6.61 Å². The maximum absolute atomic E-state index is 5.87. The van der Waals surface area contributed by atoms with Crippen molar-refractivity contribution in [1.82, 2.24) is 0 Å². The van der Waals surface area contributed by atoms with Gasteiger partial charge in [-0.05, 0) is 61.5 Å². The molecule has 0 fully saturated rings. The van der Waals surface area contributed by atoms with E-state index in [4.69, 9.17) is 4.74 Å². The Morgan fingerprint density at radius 1 is 1.12 bits per heavy atom. The van der Waals surface area contributed by atoms with Crippen molar-refractivity contribution in [3.63, 3.8) is 0 Å². The summed E-state index contributed by atoms with van der Waals surface area (Å²) in [5.41, 5.74) is 2.96. The monoisotopic (exact) mass is 236 g/mol. The molecular weight excluding hydrogens is 216 g/mol. The number of rotatable bonds is 5. The highest BCUT2D eigenvalue weighted by atomic mass is 32.1. The Morgan fingerprint density at radius 2 is 2.00 bits per heavy atom. The van der Waals surface area contributed by atoms with E-state index in [-0.39, 0.29) is 0 Å². The normalized spacial score (nSPS) is 14.6. The molecule has 1 aliphatic carbocycles. The minimum Gasteiger partial charge on any atom is -0.493 e. The van der Waals surface area contributed by atoms with Gasteiger partial charge in [-0.1, -0.05) is 12.1 Å². The van der Waals surface area contributed by atoms with E-state index in [9.17, 15) is 0 Å². The molecule has 0 N–H and O–H groups in total. The summed E-state index contributed by atoms with van der Waals surface area (Å²) in [4.78, 5) is 0. The van der Waals surface area contributed by atoms with Crippen LogP contribution < -0.4 is 4.74 Å². The molecule has 1 nitrogen and oxygen atoms in total.